The van der Waals surface area contributed by atoms with E-state index in [4.69, 9.17) is 27.6 Å². The maximum absolute atomic E-state index is 13.0. The molecule has 1 heterocycles. The minimum absolute atomic E-state index is 0.0324. The zero-order valence-corrected chi connectivity index (χ0v) is 9.85. The first-order chi connectivity index (χ1) is 8.08. The van der Waals surface area contributed by atoms with Gasteiger partial charge in [-0.15, -0.1) is 0 Å². The Labute approximate surface area is 106 Å². The number of nitrogens with one attached hydrogen (secondary N) is 1. The number of halogens is 3. The number of amides is 1. The van der Waals surface area contributed by atoms with Gasteiger partial charge in [-0.3, -0.25) is 4.79 Å². The molecular weight excluding hydrogens is 268 g/mol. The molecule has 6 heteroatoms. The Bertz CT molecular complexity index is 568. The number of hydrogen-bond acceptors (Lipinski definition) is 2. The Morgan fingerprint density at radius 2 is 2.06 bits per heavy atom. The van der Waals surface area contributed by atoms with Gasteiger partial charge in [-0.05, 0) is 35.9 Å². The highest BCUT2D eigenvalue weighted by Gasteiger charge is 2.14. The van der Waals surface area contributed by atoms with E-state index in [0.717, 1.165) is 6.07 Å². The summed E-state index contributed by atoms with van der Waals surface area (Å²) in [5.74, 6) is -1.01. The second-order valence-electron chi connectivity index (χ2n) is 3.19. The minimum Gasteiger partial charge on any atom is -0.452 e. The van der Waals surface area contributed by atoms with Crippen molar-refractivity contribution < 1.29 is 13.6 Å². The summed E-state index contributed by atoms with van der Waals surface area (Å²) in [4.78, 5) is 11.7. The van der Waals surface area contributed by atoms with Crippen LogP contribution in [0.4, 0.5) is 10.1 Å². The molecule has 1 aromatic carbocycles. The quantitative estimate of drug-likeness (QED) is 0.900. The maximum atomic E-state index is 13.0. The van der Waals surface area contributed by atoms with Crippen molar-refractivity contribution in [1.29, 1.82) is 0 Å². The number of anilines is 1. The Kier molecular flexibility index (Phi) is 3.36. The van der Waals surface area contributed by atoms with Crippen molar-refractivity contribution in [3.8, 4) is 0 Å². The van der Waals surface area contributed by atoms with Gasteiger partial charge in [0.05, 0.1) is 22.5 Å². The highest BCUT2D eigenvalue weighted by molar-refractivity contribution is 6.35. The van der Waals surface area contributed by atoms with Crippen molar-refractivity contribution >= 4 is 34.8 Å². The molecule has 0 aliphatic rings. The van der Waals surface area contributed by atoms with E-state index in [-0.39, 0.29) is 21.5 Å². The first-order valence-corrected chi connectivity index (χ1v) is 5.33. The third kappa shape index (κ3) is 2.60. The Hall–Kier alpha value is -1.52. The number of furan rings is 1. The largest absolute Gasteiger partial charge is 0.452 e. The van der Waals surface area contributed by atoms with Crippen molar-refractivity contribution in [2.45, 2.75) is 0 Å². The van der Waals surface area contributed by atoms with E-state index in [1.807, 2.05) is 0 Å². The predicted molar refractivity (Wildman–Crippen MR) is 63.1 cm³/mol. The second-order valence-corrected chi connectivity index (χ2v) is 3.94. The van der Waals surface area contributed by atoms with E-state index >= 15 is 0 Å². The molecule has 17 heavy (non-hydrogen) atoms. The molecule has 1 N–H and O–H groups in total. The van der Waals surface area contributed by atoms with Crippen LogP contribution in [0.15, 0.2) is 34.9 Å². The van der Waals surface area contributed by atoms with E-state index in [1.54, 1.807) is 0 Å². The summed E-state index contributed by atoms with van der Waals surface area (Å²) >= 11 is 11.4. The Balaban J connectivity index is 2.24. The SMILES string of the molecule is O=C(Nc1cc(F)ccc1Cl)c1ccoc1Cl. The molecule has 0 radical (unpaired) electrons. The molecule has 0 fully saturated rings. The van der Waals surface area contributed by atoms with Crippen LogP contribution in [0, 0.1) is 5.82 Å². The first kappa shape index (κ1) is 12.0. The molecule has 2 rings (SSSR count). The maximum Gasteiger partial charge on any atom is 0.260 e. The number of carbonyl (C=O) groups excluding carboxylic acids is 1. The van der Waals surface area contributed by atoms with E-state index in [2.05, 4.69) is 5.32 Å². The molecule has 3 nitrogen and oxygen atoms in total. The van der Waals surface area contributed by atoms with E-state index in [1.165, 1.54) is 24.5 Å². The summed E-state index contributed by atoms with van der Waals surface area (Å²) < 4.78 is 17.7. The second kappa shape index (κ2) is 4.77. The van der Waals surface area contributed by atoms with Crippen LogP contribution >= 0.6 is 23.2 Å². The van der Waals surface area contributed by atoms with E-state index in [0.29, 0.717) is 0 Å². The molecular formula is C11H6Cl2FNO2. The molecule has 0 bridgehead atoms. The predicted octanol–water partition coefficient (Wildman–Crippen LogP) is 3.98. The fraction of sp³-hybridized carbons (Fsp3) is 0. The topological polar surface area (TPSA) is 42.2 Å². The lowest BCUT2D eigenvalue weighted by Gasteiger charge is -2.06. The van der Waals surface area contributed by atoms with Gasteiger partial charge in [0.15, 0.2) is 0 Å². The molecule has 0 aliphatic heterocycles. The van der Waals surface area contributed by atoms with Gasteiger partial charge in [0.1, 0.15) is 5.82 Å². The molecule has 1 aromatic heterocycles. The van der Waals surface area contributed by atoms with Gasteiger partial charge in [-0.25, -0.2) is 4.39 Å². The molecule has 0 atom stereocenters. The lowest BCUT2D eigenvalue weighted by atomic mass is 10.2. The van der Waals surface area contributed by atoms with Crippen LogP contribution in [0.25, 0.3) is 0 Å². The van der Waals surface area contributed by atoms with Crippen LogP contribution in [0.5, 0.6) is 0 Å². The summed E-state index contributed by atoms with van der Waals surface area (Å²) in [6.07, 6.45) is 1.28. The van der Waals surface area contributed by atoms with Crippen LogP contribution in [-0.2, 0) is 0 Å². The molecule has 0 saturated carbocycles. The van der Waals surface area contributed by atoms with Crippen LogP contribution in [0.1, 0.15) is 10.4 Å². The standard InChI is InChI=1S/C11H6Cl2FNO2/c12-8-2-1-6(14)5-9(8)15-11(16)7-3-4-17-10(7)13/h1-5H,(H,15,16). The minimum atomic E-state index is -0.517. The van der Waals surface area contributed by atoms with Crippen molar-refractivity contribution in [2.75, 3.05) is 5.32 Å². The molecule has 1 amide bonds. The molecule has 0 unspecified atom stereocenters. The number of benzene rings is 1. The van der Waals surface area contributed by atoms with Gasteiger partial charge >= 0.3 is 0 Å². The van der Waals surface area contributed by atoms with Gasteiger partial charge in [-0.2, -0.15) is 0 Å². The van der Waals surface area contributed by atoms with Crippen LogP contribution in [-0.4, -0.2) is 5.91 Å². The van der Waals surface area contributed by atoms with Crippen molar-refractivity contribution in [3.63, 3.8) is 0 Å². The highest BCUT2D eigenvalue weighted by atomic mass is 35.5. The number of hydrogen-bond donors (Lipinski definition) is 1. The fourth-order valence-corrected chi connectivity index (χ4v) is 1.60. The fourth-order valence-electron chi connectivity index (χ4n) is 1.24. The third-order valence-electron chi connectivity index (χ3n) is 2.04. The van der Waals surface area contributed by atoms with E-state index in [9.17, 15) is 9.18 Å². The van der Waals surface area contributed by atoms with Gasteiger partial charge in [0, 0.05) is 0 Å². The van der Waals surface area contributed by atoms with Crippen LogP contribution < -0.4 is 5.32 Å². The van der Waals surface area contributed by atoms with Gasteiger partial charge in [-0.1, -0.05) is 11.6 Å². The average Bonchev–Trinajstić information content (AvgIpc) is 2.70. The first-order valence-electron chi connectivity index (χ1n) is 4.57. The zero-order valence-electron chi connectivity index (χ0n) is 8.34. The Morgan fingerprint density at radius 1 is 1.29 bits per heavy atom. The molecule has 88 valence electrons. The summed E-state index contributed by atoms with van der Waals surface area (Å²) in [5, 5.41) is 2.64. The van der Waals surface area contributed by atoms with Crippen LogP contribution in [0.3, 0.4) is 0 Å². The van der Waals surface area contributed by atoms with Gasteiger partial charge < -0.3 is 9.73 Å². The highest BCUT2D eigenvalue weighted by Crippen LogP contribution is 2.24. The lowest BCUT2D eigenvalue weighted by molar-refractivity contribution is 0.102. The molecule has 2 aromatic rings. The van der Waals surface area contributed by atoms with E-state index < -0.39 is 11.7 Å². The van der Waals surface area contributed by atoms with Gasteiger partial charge in [0.25, 0.3) is 5.91 Å². The summed E-state index contributed by atoms with van der Waals surface area (Å²) in [7, 11) is 0. The normalized spacial score (nSPS) is 10.3. The van der Waals surface area contributed by atoms with Crippen LogP contribution in [0.2, 0.25) is 10.2 Å². The monoisotopic (exact) mass is 273 g/mol. The number of carbonyl (C=O) groups is 1. The summed E-state index contributed by atoms with van der Waals surface area (Å²) in [6, 6.07) is 5.07. The van der Waals surface area contributed by atoms with Crippen molar-refractivity contribution in [2.24, 2.45) is 0 Å². The van der Waals surface area contributed by atoms with Crippen molar-refractivity contribution in [3.05, 3.63) is 52.2 Å². The molecule has 0 spiro atoms. The molecule has 0 aliphatic carbocycles. The third-order valence-corrected chi connectivity index (χ3v) is 2.66. The molecule has 0 saturated heterocycles. The summed E-state index contributed by atoms with van der Waals surface area (Å²) in [6.45, 7) is 0. The number of rotatable bonds is 2. The zero-order chi connectivity index (χ0) is 12.4. The Morgan fingerprint density at radius 3 is 2.71 bits per heavy atom. The average molecular weight is 274 g/mol. The summed E-state index contributed by atoms with van der Waals surface area (Å²) in [5.41, 5.74) is 0.334. The van der Waals surface area contributed by atoms with Gasteiger partial charge in [0.2, 0.25) is 5.22 Å². The lowest BCUT2D eigenvalue weighted by Crippen LogP contribution is -2.11. The smallest absolute Gasteiger partial charge is 0.260 e. The van der Waals surface area contributed by atoms with Crippen molar-refractivity contribution in [1.82, 2.24) is 0 Å².